The first-order chi connectivity index (χ1) is 14.7. The molecule has 0 amide bonds. The van der Waals surface area contributed by atoms with Gasteiger partial charge >= 0.3 is 8.25 Å². The van der Waals surface area contributed by atoms with E-state index in [1.54, 1.807) is 0 Å². The predicted molar refractivity (Wildman–Crippen MR) is 121 cm³/mol. The van der Waals surface area contributed by atoms with Gasteiger partial charge in [-0.2, -0.15) is 0 Å². The van der Waals surface area contributed by atoms with E-state index in [2.05, 4.69) is 51.2 Å². The molecule has 164 valence electrons. The second-order valence-corrected chi connectivity index (χ2v) is 9.56. The first-order valence-corrected chi connectivity index (χ1v) is 12.7. The lowest BCUT2D eigenvalue weighted by Gasteiger charge is -2.42. The second-order valence-electron chi connectivity index (χ2n) is 7.57. The third kappa shape index (κ3) is 7.49. The molecule has 1 aromatic carbocycles. The molecule has 1 fully saturated rings. The normalized spacial score (nSPS) is 16.2. The first-order valence-electron chi connectivity index (χ1n) is 10.5. The van der Waals surface area contributed by atoms with Crippen molar-refractivity contribution >= 4 is 20.0 Å². The number of ether oxygens (including phenoxy) is 1. The van der Waals surface area contributed by atoms with Crippen LogP contribution in [0.15, 0.2) is 53.6 Å². The number of thioether (sulfide) groups is 1. The molecule has 2 heterocycles. The molecule has 1 aliphatic rings. The number of hydrogen-bond acceptors (Lipinski definition) is 6. The minimum atomic E-state index is -2.81. The van der Waals surface area contributed by atoms with Gasteiger partial charge in [0.15, 0.2) is 0 Å². The molecule has 1 unspecified atom stereocenters. The van der Waals surface area contributed by atoms with Crippen molar-refractivity contribution in [1.29, 1.82) is 0 Å². The molecule has 8 heteroatoms. The Morgan fingerprint density at radius 1 is 1.17 bits per heavy atom. The van der Waals surface area contributed by atoms with E-state index in [4.69, 9.17) is 9.63 Å². The molecule has 6 nitrogen and oxygen atoms in total. The van der Waals surface area contributed by atoms with E-state index in [9.17, 15) is 4.57 Å². The summed E-state index contributed by atoms with van der Waals surface area (Å²) < 4.78 is 20.6. The molecule has 0 aliphatic carbocycles. The molecule has 1 atom stereocenters. The Morgan fingerprint density at radius 3 is 2.67 bits per heavy atom. The Hall–Kier alpha value is -1.21. The fourth-order valence-electron chi connectivity index (χ4n) is 3.52. The van der Waals surface area contributed by atoms with E-state index in [0.29, 0.717) is 19.6 Å². The number of nitrogens with zero attached hydrogens (tertiary/aromatic N) is 1. The number of nitrogens with one attached hydrogen (secondary N) is 1. The number of hydrogen-bond donors (Lipinski definition) is 2. The topological polar surface area (TPSA) is 80.7 Å². The highest BCUT2D eigenvalue weighted by atomic mass is 32.2. The summed E-state index contributed by atoms with van der Waals surface area (Å²) in [6, 6.07) is 14.9. The zero-order chi connectivity index (χ0) is 21.1. The largest absolute Gasteiger partial charge is 0.379 e. The summed E-state index contributed by atoms with van der Waals surface area (Å²) in [5.74, 6) is 1.10. The van der Waals surface area contributed by atoms with Crippen LogP contribution in [0, 0.1) is 0 Å². The summed E-state index contributed by atoms with van der Waals surface area (Å²) in [4.78, 5) is 14.3. The van der Waals surface area contributed by atoms with Gasteiger partial charge in [-0.3, -0.25) is 9.55 Å². The van der Waals surface area contributed by atoms with Crippen molar-refractivity contribution in [2.24, 2.45) is 0 Å². The van der Waals surface area contributed by atoms with Crippen molar-refractivity contribution < 1.29 is 18.7 Å². The Labute approximate surface area is 183 Å². The van der Waals surface area contributed by atoms with Gasteiger partial charge in [0, 0.05) is 23.1 Å². The van der Waals surface area contributed by atoms with Gasteiger partial charge in [-0.25, -0.2) is 0 Å². The van der Waals surface area contributed by atoms with E-state index in [1.807, 2.05) is 24.0 Å². The van der Waals surface area contributed by atoms with Crippen LogP contribution >= 0.6 is 20.0 Å². The van der Waals surface area contributed by atoms with E-state index >= 15 is 0 Å². The third-order valence-corrected chi connectivity index (χ3v) is 6.81. The summed E-state index contributed by atoms with van der Waals surface area (Å²) in [5.41, 5.74) is 2.63. The van der Waals surface area contributed by atoms with Crippen LogP contribution in [-0.2, 0) is 25.8 Å². The van der Waals surface area contributed by atoms with Crippen LogP contribution in [0.4, 0.5) is 0 Å². The predicted octanol–water partition coefficient (Wildman–Crippen LogP) is 4.19. The van der Waals surface area contributed by atoms with Gasteiger partial charge in [-0.05, 0) is 49.3 Å². The lowest BCUT2D eigenvalue weighted by molar-refractivity contribution is -0.0652. The van der Waals surface area contributed by atoms with Crippen LogP contribution in [0.1, 0.15) is 36.9 Å². The molecule has 0 radical (unpaired) electrons. The van der Waals surface area contributed by atoms with Gasteiger partial charge in [0.05, 0.1) is 25.5 Å². The lowest BCUT2D eigenvalue weighted by atomic mass is 9.75. The smallest absolute Gasteiger partial charge is 0.316 e. The van der Waals surface area contributed by atoms with E-state index < -0.39 is 8.25 Å². The van der Waals surface area contributed by atoms with Crippen LogP contribution in [0.3, 0.4) is 0 Å². The van der Waals surface area contributed by atoms with Crippen LogP contribution in [0.2, 0.25) is 0 Å². The van der Waals surface area contributed by atoms with Crippen molar-refractivity contribution in [2.75, 3.05) is 32.1 Å². The minimum absolute atomic E-state index is 0.227. The maximum atomic E-state index is 10.4. The zero-order valence-corrected chi connectivity index (χ0v) is 19.0. The zero-order valence-electron chi connectivity index (χ0n) is 17.2. The Bertz CT molecular complexity index is 772. The highest BCUT2D eigenvalue weighted by Crippen LogP contribution is 2.37. The van der Waals surface area contributed by atoms with Crippen LogP contribution in [-0.4, -0.2) is 42.0 Å². The van der Waals surface area contributed by atoms with Crippen molar-refractivity contribution in [2.45, 2.75) is 42.5 Å². The van der Waals surface area contributed by atoms with Crippen molar-refractivity contribution in [3.8, 4) is 0 Å². The average molecular weight is 451 g/mol. The van der Waals surface area contributed by atoms with Gasteiger partial charge in [-0.15, -0.1) is 11.8 Å². The van der Waals surface area contributed by atoms with E-state index in [0.717, 1.165) is 31.2 Å². The van der Waals surface area contributed by atoms with Gasteiger partial charge in [0.2, 0.25) is 0 Å². The summed E-state index contributed by atoms with van der Waals surface area (Å²) in [6.07, 6.45) is 6.21. The molecule has 0 spiro atoms. The summed E-state index contributed by atoms with van der Waals surface area (Å²) in [6.45, 7) is 3.40. The Kier molecular flexibility index (Phi) is 9.85. The molecule has 1 aliphatic heterocycles. The van der Waals surface area contributed by atoms with Crippen molar-refractivity contribution in [3.63, 3.8) is 0 Å². The Morgan fingerprint density at radius 2 is 2.00 bits per heavy atom. The molecular formula is C22H31N2O4PS. The highest BCUT2D eigenvalue weighted by Gasteiger charge is 2.39. The molecule has 3 rings (SSSR count). The SMILES string of the molecule is O=[PH](O)OCCCNCc1ccc(SCCCCC2(c3ccccc3)COC2)cn1. The standard InChI is InChI=1S/C22H31N2O4PS/c25-29(26)28-13-6-12-23-15-20-9-10-21(16-24-20)30-14-5-4-11-22(17-27-18-22)19-7-2-1-3-8-19/h1-3,7-10,16,23,29H,4-6,11-15,17-18H2,(H,25,26). The number of aromatic nitrogens is 1. The molecule has 0 bridgehead atoms. The molecule has 1 saturated heterocycles. The molecule has 0 saturated carbocycles. The maximum absolute atomic E-state index is 10.4. The van der Waals surface area contributed by atoms with Gasteiger partial charge in [0.25, 0.3) is 0 Å². The van der Waals surface area contributed by atoms with Gasteiger partial charge in [-0.1, -0.05) is 36.8 Å². The molecule has 2 N–H and O–H groups in total. The maximum Gasteiger partial charge on any atom is 0.316 e. The van der Waals surface area contributed by atoms with Crippen molar-refractivity contribution in [3.05, 3.63) is 59.9 Å². The average Bonchev–Trinajstić information content (AvgIpc) is 2.73. The number of unbranched alkanes of at least 4 members (excludes halogenated alkanes) is 1. The Balaban J connectivity index is 1.29. The minimum Gasteiger partial charge on any atom is -0.379 e. The van der Waals surface area contributed by atoms with Crippen molar-refractivity contribution in [1.82, 2.24) is 10.3 Å². The molecular weight excluding hydrogens is 419 g/mol. The summed E-state index contributed by atoms with van der Waals surface area (Å²) in [7, 11) is -2.81. The van der Waals surface area contributed by atoms with Gasteiger partial charge < -0.3 is 19.5 Å². The third-order valence-electron chi connectivity index (χ3n) is 5.29. The fraction of sp³-hybridized carbons (Fsp3) is 0.500. The molecule has 2 aromatic rings. The lowest BCUT2D eigenvalue weighted by Crippen LogP contribution is -2.46. The summed E-state index contributed by atoms with van der Waals surface area (Å²) >= 11 is 1.86. The van der Waals surface area contributed by atoms with Crippen LogP contribution in [0.5, 0.6) is 0 Å². The van der Waals surface area contributed by atoms with Gasteiger partial charge in [0.1, 0.15) is 0 Å². The van der Waals surface area contributed by atoms with E-state index in [1.165, 1.54) is 29.7 Å². The molecule has 1 aromatic heterocycles. The van der Waals surface area contributed by atoms with Crippen LogP contribution < -0.4 is 5.32 Å². The van der Waals surface area contributed by atoms with E-state index in [-0.39, 0.29) is 5.41 Å². The second kappa shape index (κ2) is 12.6. The molecule has 30 heavy (non-hydrogen) atoms. The van der Waals surface area contributed by atoms with Crippen LogP contribution in [0.25, 0.3) is 0 Å². The number of benzene rings is 1. The summed E-state index contributed by atoms with van der Waals surface area (Å²) in [5, 5.41) is 3.26. The fourth-order valence-corrected chi connectivity index (χ4v) is 4.72. The monoisotopic (exact) mass is 450 g/mol. The number of pyridine rings is 1. The number of rotatable bonds is 14. The highest BCUT2D eigenvalue weighted by molar-refractivity contribution is 7.99. The first kappa shape index (κ1) is 23.5. The quantitative estimate of drug-likeness (QED) is 0.254.